The van der Waals surface area contributed by atoms with Gasteiger partial charge in [0.2, 0.25) is 11.8 Å². The largest absolute Gasteiger partial charge is 0.471 e. The van der Waals surface area contributed by atoms with Crippen molar-refractivity contribution >= 4 is 22.6 Å². The van der Waals surface area contributed by atoms with Gasteiger partial charge in [-0.25, -0.2) is 18.7 Å². The zero-order valence-electron chi connectivity index (χ0n) is 17.1. The van der Waals surface area contributed by atoms with E-state index in [0.29, 0.717) is 36.5 Å². The number of aromatic nitrogens is 4. The van der Waals surface area contributed by atoms with Crippen LogP contribution in [0.25, 0.3) is 10.9 Å². The summed E-state index contributed by atoms with van der Waals surface area (Å²) < 4.78 is 36.9. The van der Waals surface area contributed by atoms with Crippen molar-refractivity contribution in [3.63, 3.8) is 0 Å². The molecule has 1 atom stereocenters. The normalized spacial score (nSPS) is 16.2. The molecule has 0 radical (unpaired) electrons. The Kier molecular flexibility index (Phi) is 6.36. The van der Waals surface area contributed by atoms with Gasteiger partial charge in [-0.3, -0.25) is 9.48 Å². The van der Waals surface area contributed by atoms with E-state index in [2.05, 4.69) is 20.4 Å². The molecule has 1 aliphatic rings. The van der Waals surface area contributed by atoms with Crippen molar-refractivity contribution in [1.29, 1.82) is 0 Å². The molecular formula is C21H23F2N5O3. The summed E-state index contributed by atoms with van der Waals surface area (Å²) >= 11 is 0. The number of nitrogens with zero attached hydrogens (tertiary/aromatic N) is 4. The highest BCUT2D eigenvalue weighted by Crippen LogP contribution is 2.23. The Hall–Kier alpha value is -3.14. The fraction of sp³-hybridized carbons (Fsp3) is 0.429. The number of carbonyl (C=O) groups excluding carboxylic acids is 1. The molecular weight excluding hydrogens is 408 g/mol. The number of rotatable bonds is 8. The van der Waals surface area contributed by atoms with E-state index in [4.69, 9.17) is 9.47 Å². The van der Waals surface area contributed by atoms with Gasteiger partial charge < -0.3 is 14.8 Å². The average Bonchev–Trinajstić information content (AvgIpc) is 3.37. The number of hydrogen-bond acceptors (Lipinski definition) is 6. The first kappa shape index (κ1) is 21.1. The number of alkyl halides is 2. The molecule has 1 aliphatic heterocycles. The quantitative estimate of drug-likeness (QED) is 0.588. The lowest BCUT2D eigenvalue weighted by Gasteiger charge is -2.09. The van der Waals surface area contributed by atoms with Crippen molar-refractivity contribution in [2.75, 3.05) is 18.5 Å². The van der Waals surface area contributed by atoms with Crippen molar-refractivity contribution in [3.05, 3.63) is 41.9 Å². The summed E-state index contributed by atoms with van der Waals surface area (Å²) in [7, 11) is 0. The van der Waals surface area contributed by atoms with Gasteiger partial charge in [0.05, 0.1) is 30.0 Å². The number of hydrogen-bond donors (Lipinski definition) is 1. The molecule has 0 aromatic carbocycles. The Bertz CT molecular complexity index is 1070. The van der Waals surface area contributed by atoms with Crippen LogP contribution in [-0.4, -0.2) is 51.4 Å². The molecule has 0 saturated carbocycles. The van der Waals surface area contributed by atoms with Crippen molar-refractivity contribution in [3.8, 4) is 5.88 Å². The van der Waals surface area contributed by atoms with Gasteiger partial charge in [0.1, 0.15) is 5.82 Å². The second-order valence-corrected chi connectivity index (χ2v) is 7.47. The summed E-state index contributed by atoms with van der Waals surface area (Å²) in [5.41, 5.74) is 2.20. The fourth-order valence-corrected chi connectivity index (χ4v) is 3.56. The first-order valence-corrected chi connectivity index (χ1v) is 10.1. The van der Waals surface area contributed by atoms with Crippen molar-refractivity contribution in [2.24, 2.45) is 0 Å². The van der Waals surface area contributed by atoms with Crippen LogP contribution in [0.1, 0.15) is 30.4 Å². The summed E-state index contributed by atoms with van der Waals surface area (Å²) in [5, 5.41) is 8.12. The highest BCUT2D eigenvalue weighted by Gasteiger charge is 2.20. The predicted molar refractivity (Wildman–Crippen MR) is 109 cm³/mol. The van der Waals surface area contributed by atoms with Gasteiger partial charge in [0, 0.05) is 30.8 Å². The maximum absolute atomic E-state index is 12.3. The van der Waals surface area contributed by atoms with Crippen LogP contribution >= 0.6 is 0 Å². The van der Waals surface area contributed by atoms with Crippen molar-refractivity contribution < 1.29 is 23.0 Å². The van der Waals surface area contributed by atoms with E-state index >= 15 is 0 Å². The molecule has 0 unspecified atom stereocenters. The van der Waals surface area contributed by atoms with Crippen LogP contribution in [0, 0.1) is 6.92 Å². The Balaban J connectivity index is 1.46. The topological polar surface area (TPSA) is 91.2 Å². The second-order valence-electron chi connectivity index (χ2n) is 7.47. The smallest absolute Gasteiger partial charge is 0.272 e. The molecule has 10 heteroatoms. The fourth-order valence-electron chi connectivity index (χ4n) is 3.56. The summed E-state index contributed by atoms with van der Waals surface area (Å²) in [5.74, 6) is 0.505. The molecule has 4 heterocycles. The molecule has 4 rings (SSSR count). The van der Waals surface area contributed by atoms with Gasteiger partial charge in [-0.15, -0.1) is 0 Å². The first-order valence-electron chi connectivity index (χ1n) is 10.1. The molecule has 0 bridgehead atoms. The number of nitrogens with one attached hydrogen (secondary N) is 1. The zero-order chi connectivity index (χ0) is 21.8. The Morgan fingerprint density at radius 1 is 1.42 bits per heavy atom. The molecule has 1 saturated heterocycles. The highest BCUT2D eigenvalue weighted by molar-refractivity contribution is 5.99. The van der Waals surface area contributed by atoms with Gasteiger partial charge >= 0.3 is 0 Å². The number of pyridine rings is 2. The van der Waals surface area contributed by atoms with Crippen molar-refractivity contribution in [2.45, 2.75) is 45.3 Å². The van der Waals surface area contributed by atoms with E-state index < -0.39 is 13.0 Å². The summed E-state index contributed by atoms with van der Waals surface area (Å²) in [6.07, 6.45) is 4.56. The molecule has 0 spiro atoms. The third kappa shape index (κ3) is 5.32. The van der Waals surface area contributed by atoms with Gasteiger partial charge in [0.25, 0.3) is 6.43 Å². The number of amides is 1. The van der Waals surface area contributed by atoms with Crippen LogP contribution in [0.4, 0.5) is 14.6 Å². The maximum atomic E-state index is 12.3. The minimum atomic E-state index is -2.55. The maximum Gasteiger partial charge on any atom is 0.272 e. The number of ether oxygens (including phenoxy) is 2. The lowest BCUT2D eigenvalue weighted by Crippen LogP contribution is -2.19. The van der Waals surface area contributed by atoms with Crippen LogP contribution in [0.2, 0.25) is 0 Å². The predicted octanol–water partition coefficient (Wildman–Crippen LogP) is 3.33. The van der Waals surface area contributed by atoms with Crippen molar-refractivity contribution in [1.82, 2.24) is 19.7 Å². The summed E-state index contributed by atoms with van der Waals surface area (Å²) in [6, 6.07) is 3.59. The number of halogens is 2. The number of aryl methyl sites for hydroxylation is 1. The van der Waals surface area contributed by atoms with E-state index in [0.717, 1.165) is 23.8 Å². The Morgan fingerprint density at radius 2 is 2.29 bits per heavy atom. The average molecular weight is 431 g/mol. The third-order valence-corrected chi connectivity index (χ3v) is 4.95. The Labute approximate surface area is 177 Å². The molecule has 164 valence electrons. The van der Waals surface area contributed by atoms with Crippen LogP contribution < -0.4 is 10.1 Å². The number of anilines is 1. The molecule has 3 aromatic heterocycles. The molecule has 0 aliphatic carbocycles. The molecule has 1 amide bonds. The zero-order valence-corrected chi connectivity index (χ0v) is 17.1. The van der Waals surface area contributed by atoms with Crippen LogP contribution in [0.5, 0.6) is 5.88 Å². The van der Waals surface area contributed by atoms with E-state index in [9.17, 15) is 13.6 Å². The lowest BCUT2D eigenvalue weighted by atomic mass is 10.2. The second kappa shape index (κ2) is 9.34. The standard InChI is InChI=1S/C21H23F2N5O3/c1-13-7-14(9-25-21(13)31-12-18(22)23)10-28-11-16-17(27-28)4-5-24-20(16)26-19(29)8-15-3-2-6-30-15/h4-5,7,9,11,15,18H,2-3,6,8,10,12H2,1H3,(H,24,26,29)/t15-/m0/s1. The molecule has 3 aromatic rings. The SMILES string of the molecule is Cc1cc(Cn2cc3c(NC(=O)C[C@@H]4CCCO4)nccc3n2)cnc1OCC(F)F. The highest BCUT2D eigenvalue weighted by atomic mass is 19.3. The Morgan fingerprint density at radius 3 is 3.03 bits per heavy atom. The van der Waals surface area contributed by atoms with Gasteiger partial charge in [-0.2, -0.15) is 5.10 Å². The van der Waals surface area contributed by atoms with Crippen LogP contribution in [0.15, 0.2) is 30.7 Å². The van der Waals surface area contributed by atoms with Gasteiger partial charge in [-0.05, 0) is 37.5 Å². The molecule has 8 nitrogen and oxygen atoms in total. The molecule has 31 heavy (non-hydrogen) atoms. The summed E-state index contributed by atoms with van der Waals surface area (Å²) in [4.78, 5) is 20.8. The number of carbonyl (C=O) groups is 1. The number of fused-ring (bicyclic) bond motifs is 1. The monoisotopic (exact) mass is 431 g/mol. The van der Waals surface area contributed by atoms with Gasteiger partial charge in [-0.1, -0.05) is 0 Å². The summed E-state index contributed by atoms with van der Waals surface area (Å²) in [6.45, 7) is 2.18. The van der Waals surface area contributed by atoms with E-state index in [1.54, 1.807) is 36.3 Å². The van der Waals surface area contributed by atoms with Crippen LogP contribution in [-0.2, 0) is 16.1 Å². The minimum Gasteiger partial charge on any atom is -0.471 e. The first-order chi connectivity index (χ1) is 15.0. The van der Waals surface area contributed by atoms with E-state index in [-0.39, 0.29) is 17.9 Å². The molecule has 1 fully saturated rings. The van der Waals surface area contributed by atoms with E-state index in [1.807, 2.05) is 6.07 Å². The lowest BCUT2D eigenvalue weighted by molar-refractivity contribution is -0.118. The minimum absolute atomic E-state index is 0.0367. The van der Waals surface area contributed by atoms with Crippen LogP contribution in [0.3, 0.4) is 0 Å². The van der Waals surface area contributed by atoms with E-state index in [1.165, 1.54) is 0 Å². The third-order valence-electron chi connectivity index (χ3n) is 4.95. The molecule has 1 N–H and O–H groups in total. The van der Waals surface area contributed by atoms with Gasteiger partial charge in [0.15, 0.2) is 6.61 Å².